The van der Waals surface area contributed by atoms with E-state index in [0.29, 0.717) is 11.8 Å². The van der Waals surface area contributed by atoms with Crippen LogP contribution in [0.2, 0.25) is 0 Å². The molecule has 0 aromatic heterocycles. The first-order valence-corrected chi connectivity index (χ1v) is 13.0. The Labute approximate surface area is 208 Å². The molecule has 0 nitrogen and oxygen atoms in total. The molecule has 4 bridgehead atoms. The molecule has 0 heterocycles. The molecule has 0 radical (unpaired) electrons. The highest BCUT2D eigenvalue weighted by Crippen LogP contribution is 2.39. The van der Waals surface area contributed by atoms with E-state index in [2.05, 4.69) is 122 Å². The molecule has 5 aromatic carbocycles. The summed E-state index contributed by atoms with van der Waals surface area (Å²) in [6, 6.07) is 38.4. The van der Waals surface area contributed by atoms with Crippen molar-refractivity contribution in [1.82, 2.24) is 0 Å². The average Bonchev–Trinajstić information content (AvgIpc) is 2.91. The molecule has 0 fully saturated rings. The van der Waals surface area contributed by atoms with Crippen molar-refractivity contribution in [3.8, 4) is 0 Å². The Morgan fingerprint density at radius 3 is 1.77 bits per heavy atom. The molecule has 0 unspecified atom stereocenters. The molecule has 5 aromatic rings. The molecule has 6 rings (SSSR count). The van der Waals surface area contributed by atoms with E-state index in [4.69, 9.17) is 0 Å². The van der Waals surface area contributed by atoms with E-state index >= 15 is 0 Å². The number of hydrogen-bond acceptors (Lipinski definition) is 0. The Balaban J connectivity index is 1.52. The van der Waals surface area contributed by atoms with Crippen LogP contribution in [0.25, 0.3) is 27.6 Å². The summed E-state index contributed by atoms with van der Waals surface area (Å²) in [5.41, 5.74) is 7.13. The smallest absolute Gasteiger partial charge is 0.00331 e. The molecule has 1 aliphatic carbocycles. The highest BCUT2D eigenvalue weighted by atomic mass is 14.2. The molecule has 1 aliphatic rings. The number of allylic oxidation sites excluding steroid dienone is 1. The highest BCUT2D eigenvalue weighted by Gasteiger charge is 2.20. The lowest BCUT2D eigenvalue weighted by Gasteiger charge is -2.24. The topological polar surface area (TPSA) is 0 Å². The van der Waals surface area contributed by atoms with E-state index in [-0.39, 0.29) is 0 Å². The third kappa shape index (κ3) is 4.30. The van der Waals surface area contributed by atoms with Crippen LogP contribution in [0, 0.1) is 0 Å². The van der Waals surface area contributed by atoms with Gasteiger partial charge in [0.2, 0.25) is 0 Å². The number of fused-ring (bicyclic) bond motifs is 12. The van der Waals surface area contributed by atoms with Crippen LogP contribution in [0.15, 0.2) is 109 Å². The van der Waals surface area contributed by atoms with Gasteiger partial charge in [-0.25, -0.2) is 0 Å². The van der Waals surface area contributed by atoms with Gasteiger partial charge < -0.3 is 0 Å². The Kier molecular flexibility index (Phi) is 5.96. The van der Waals surface area contributed by atoms with Gasteiger partial charge in [-0.3, -0.25) is 0 Å². The summed E-state index contributed by atoms with van der Waals surface area (Å²) in [5.74, 6) is 0.784. The molecule has 0 N–H and O–H groups in total. The van der Waals surface area contributed by atoms with Crippen LogP contribution >= 0.6 is 0 Å². The molecule has 0 saturated heterocycles. The zero-order valence-corrected chi connectivity index (χ0v) is 20.5. The van der Waals surface area contributed by atoms with Crippen molar-refractivity contribution < 1.29 is 0 Å². The minimum Gasteiger partial charge on any atom is -0.0764 e. The standard InChI is InChI=1S/C35H32/c1-25-24-29(19-18-26-10-3-2-4-11-26)33-23-21-28(32-15-6-8-17-35(32)33)13-9-12-27-20-22-30(25)34-16-7-5-14-31(27)34/h2-8,10-11,14-23,25,29H,9,12-13,24H2,1H3/b19-18+/t25-,29+/m1/s1. The minimum absolute atomic E-state index is 0.338. The fourth-order valence-corrected chi connectivity index (χ4v) is 6.04. The maximum absolute atomic E-state index is 2.44. The van der Waals surface area contributed by atoms with Gasteiger partial charge in [0.05, 0.1) is 0 Å². The molecule has 172 valence electrons. The molecule has 0 aliphatic heterocycles. The first-order valence-electron chi connectivity index (χ1n) is 13.0. The summed E-state index contributed by atoms with van der Waals surface area (Å²) in [4.78, 5) is 0. The van der Waals surface area contributed by atoms with Gasteiger partial charge in [-0.1, -0.05) is 122 Å². The zero-order chi connectivity index (χ0) is 23.6. The number of rotatable bonds is 2. The van der Waals surface area contributed by atoms with Gasteiger partial charge in [0.1, 0.15) is 0 Å². The van der Waals surface area contributed by atoms with Crippen molar-refractivity contribution in [1.29, 1.82) is 0 Å². The first-order chi connectivity index (χ1) is 17.3. The molecular formula is C35H32. The lowest BCUT2D eigenvalue weighted by atomic mass is 9.80. The molecule has 35 heavy (non-hydrogen) atoms. The fraction of sp³-hybridized carbons (Fsp3) is 0.200. The zero-order valence-electron chi connectivity index (χ0n) is 20.5. The molecule has 0 heteroatoms. The second-order valence-electron chi connectivity index (χ2n) is 10.1. The summed E-state index contributed by atoms with van der Waals surface area (Å²) in [6.07, 6.45) is 9.22. The second kappa shape index (κ2) is 9.55. The molecule has 0 amide bonds. The Hall–Kier alpha value is -3.64. The van der Waals surface area contributed by atoms with E-state index in [9.17, 15) is 0 Å². The van der Waals surface area contributed by atoms with Crippen molar-refractivity contribution >= 4 is 27.6 Å². The summed E-state index contributed by atoms with van der Waals surface area (Å²) in [5, 5.41) is 5.70. The Morgan fingerprint density at radius 2 is 1.11 bits per heavy atom. The maximum Gasteiger partial charge on any atom is 0.00331 e. The van der Waals surface area contributed by atoms with E-state index in [1.54, 1.807) is 0 Å². The van der Waals surface area contributed by atoms with Gasteiger partial charge >= 0.3 is 0 Å². The highest BCUT2D eigenvalue weighted by molar-refractivity contribution is 5.91. The van der Waals surface area contributed by atoms with Crippen LogP contribution in [0.3, 0.4) is 0 Å². The van der Waals surface area contributed by atoms with Crippen molar-refractivity contribution in [2.75, 3.05) is 0 Å². The minimum atomic E-state index is 0.338. The molecule has 0 spiro atoms. The van der Waals surface area contributed by atoms with E-state index in [1.807, 2.05) is 0 Å². The van der Waals surface area contributed by atoms with Gasteiger partial charge in [-0.2, -0.15) is 0 Å². The molecular weight excluding hydrogens is 420 g/mol. The van der Waals surface area contributed by atoms with Gasteiger partial charge in [0.25, 0.3) is 0 Å². The van der Waals surface area contributed by atoms with Crippen molar-refractivity contribution in [2.45, 2.75) is 44.4 Å². The van der Waals surface area contributed by atoms with Crippen molar-refractivity contribution in [3.05, 3.63) is 137 Å². The second-order valence-corrected chi connectivity index (χ2v) is 10.1. The number of hydrogen-bond donors (Lipinski definition) is 0. The Bertz CT molecular complexity index is 1510. The summed E-state index contributed by atoms with van der Waals surface area (Å²) >= 11 is 0. The number of benzene rings is 5. The van der Waals surface area contributed by atoms with Crippen LogP contribution in [0.5, 0.6) is 0 Å². The summed E-state index contributed by atoms with van der Waals surface area (Å²) in [6.45, 7) is 2.41. The SMILES string of the molecule is C[C@@H]1C[C@H](/C=C/c2ccccc2)c2ccc(c3ccccc23)CCCc2ccc1c1ccccc21. The van der Waals surface area contributed by atoms with Crippen LogP contribution in [0.1, 0.15) is 59.4 Å². The molecule has 0 saturated carbocycles. The quantitative estimate of drug-likeness (QED) is 0.250. The molecule has 2 atom stereocenters. The fourth-order valence-electron chi connectivity index (χ4n) is 6.04. The van der Waals surface area contributed by atoms with Gasteiger partial charge in [0.15, 0.2) is 0 Å². The lowest BCUT2D eigenvalue weighted by Crippen LogP contribution is -2.06. The van der Waals surface area contributed by atoms with Crippen LogP contribution in [-0.2, 0) is 12.8 Å². The van der Waals surface area contributed by atoms with Gasteiger partial charge in [-0.15, -0.1) is 0 Å². The van der Waals surface area contributed by atoms with E-state index in [0.717, 1.165) is 19.3 Å². The van der Waals surface area contributed by atoms with Crippen molar-refractivity contribution in [3.63, 3.8) is 0 Å². The third-order valence-electron chi connectivity index (χ3n) is 7.85. The van der Waals surface area contributed by atoms with Crippen molar-refractivity contribution in [2.24, 2.45) is 0 Å². The van der Waals surface area contributed by atoms with E-state index in [1.165, 1.54) is 55.8 Å². The van der Waals surface area contributed by atoms with Crippen LogP contribution in [-0.4, -0.2) is 0 Å². The monoisotopic (exact) mass is 452 g/mol. The predicted molar refractivity (Wildman–Crippen MR) is 151 cm³/mol. The van der Waals surface area contributed by atoms with Crippen LogP contribution < -0.4 is 0 Å². The summed E-state index contributed by atoms with van der Waals surface area (Å²) in [7, 11) is 0. The maximum atomic E-state index is 2.44. The largest absolute Gasteiger partial charge is 0.0764 e. The van der Waals surface area contributed by atoms with Gasteiger partial charge in [-0.05, 0) is 81.0 Å². The van der Waals surface area contributed by atoms with Crippen LogP contribution in [0.4, 0.5) is 0 Å². The Morgan fingerprint density at radius 1 is 0.571 bits per heavy atom. The lowest BCUT2D eigenvalue weighted by molar-refractivity contribution is 0.636. The normalized spacial score (nSPS) is 18.4. The first kappa shape index (κ1) is 21.9. The number of aryl methyl sites for hydroxylation is 2. The van der Waals surface area contributed by atoms with Gasteiger partial charge in [0, 0.05) is 5.92 Å². The predicted octanol–water partition coefficient (Wildman–Crippen LogP) is 9.47. The average molecular weight is 453 g/mol. The third-order valence-corrected chi connectivity index (χ3v) is 7.85. The van der Waals surface area contributed by atoms with E-state index < -0.39 is 0 Å². The summed E-state index contributed by atoms with van der Waals surface area (Å²) < 4.78 is 0.